The largest absolute Gasteiger partial charge is 0.399 e. The summed E-state index contributed by atoms with van der Waals surface area (Å²) in [7, 11) is 0. The molecule has 0 aliphatic rings. The summed E-state index contributed by atoms with van der Waals surface area (Å²) >= 11 is 0. The Balaban J connectivity index is 4.35. The molecule has 11 heavy (non-hydrogen) atoms. The van der Waals surface area contributed by atoms with Gasteiger partial charge in [-0.3, -0.25) is 0 Å². The second kappa shape index (κ2) is 5.78. The Labute approximate surface area is 69.3 Å². The topological polar surface area (TPSA) is 26.0 Å². The maximum Gasteiger partial charge on any atom is 0.0273 e. The average Bonchev–Trinajstić information content (AvgIpc) is 2.03. The summed E-state index contributed by atoms with van der Waals surface area (Å²) in [4.78, 5) is 0. The van der Waals surface area contributed by atoms with Gasteiger partial charge in [0.15, 0.2) is 0 Å². The minimum atomic E-state index is 0.833. The van der Waals surface area contributed by atoms with E-state index in [1.54, 1.807) is 0 Å². The molecule has 0 amide bonds. The van der Waals surface area contributed by atoms with Crippen LogP contribution in [0.15, 0.2) is 35.6 Å². The molecule has 2 N–H and O–H groups in total. The third-order valence-electron chi connectivity index (χ3n) is 1.47. The van der Waals surface area contributed by atoms with Crippen LogP contribution in [0.4, 0.5) is 0 Å². The number of rotatable bonds is 3. The zero-order valence-electron chi connectivity index (χ0n) is 7.59. The van der Waals surface area contributed by atoms with Gasteiger partial charge in [-0.2, -0.15) is 0 Å². The molecule has 0 atom stereocenters. The van der Waals surface area contributed by atoms with Crippen LogP contribution in [0.3, 0.4) is 0 Å². The van der Waals surface area contributed by atoms with Gasteiger partial charge in [-0.15, -0.1) is 0 Å². The third kappa shape index (κ3) is 4.43. The summed E-state index contributed by atoms with van der Waals surface area (Å²) in [5.74, 6) is 0. The molecule has 0 aromatic rings. The van der Waals surface area contributed by atoms with Crippen molar-refractivity contribution in [1.82, 2.24) is 0 Å². The van der Waals surface area contributed by atoms with Gasteiger partial charge in [-0.25, -0.2) is 0 Å². The highest BCUT2D eigenvalue weighted by atomic mass is 14.5. The molecular formula is C10H17N. The van der Waals surface area contributed by atoms with E-state index < -0.39 is 0 Å². The van der Waals surface area contributed by atoms with Crippen LogP contribution in [0, 0.1) is 0 Å². The Morgan fingerprint density at radius 3 is 2.36 bits per heavy atom. The number of hydrogen-bond donors (Lipinski definition) is 1. The van der Waals surface area contributed by atoms with Gasteiger partial charge in [0, 0.05) is 5.70 Å². The van der Waals surface area contributed by atoms with Gasteiger partial charge < -0.3 is 5.73 Å². The average molecular weight is 151 g/mol. The monoisotopic (exact) mass is 151 g/mol. The summed E-state index contributed by atoms with van der Waals surface area (Å²) in [5, 5.41) is 0. The van der Waals surface area contributed by atoms with E-state index in [9.17, 15) is 0 Å². The molecule has 0 aliphatic carbocycles. The predicted molar refractivity (Wildman–Crippen MR) is 51.1 cm³/mol. The first-order valence-corrected chi connectivity index (χ1v) is 3.99. The quantitative estimate of drug-likeness (QED) is 0.617. The van der Waals surface area contributed by atoms with Crippen molar-refractivity contribution in [3.63, 3.8) is 0 Å². The van der Waals surface area contributed by atoms with Crippen molar-refractivity contribution in [1.29, 1.82) is 0 Å². The lowest BCUT2D eigenvalue weighted by atomic mass is 10.1. The molecule has 0 saturated heterocycles. The maximum atomic E-state index is 5.63. The van der Waals surface area contributed by atoms with Crippen LogP contribution in [0.5, 0.6) is 0 Å². The Bertz CT molecular complexity index is 185. The second-order valence-corrected chi connectivity index (χ2v) is 2.36. The fraction of sp³-hybridized carbons (Fsp3) is 0.400. The number of allylic oxidation sites excluding steroid dienone is 5. The van der Waals surface area contributed by atoms with Gasteiger partial charge in [-0.1, -0.05) is 25.2 Å². The number of hydrogen-bond acceptors (Lipinski definition) is 1. The fourth-order valence-electron chi connectivity index (χ4n) is 0.780. The highest BCUT2D eigenvalue weighted by Gasteiger charge is 1.87. The molecule has 62 valence electrons. The lowest BCUT2D eigenvalue weighted by molar-refractivity contribution is 1.14. The molecule has 0 aliphatic heterocycles. The van der Waals surface area contributed by atoms with E-state index in [4.69, 9.17) is 5.73 Å². The molecule has 1 nitrogen and oxygen atoms in total. The third-order valence-corrected chi connectivity index (χ3v) is 1.47. The molecule has 0 aromatic carbocycles. The van der Waals surface area contributed by atoms with E-state index in [0.717, 1.165) is 12.1 Å². The van der Waals surface area contributed by atoms with Gasteiger partial charge >= 0.3 is 0 Å². The first-order chi connectivity index (χ1) is 5.24. The number of nitrogens with two attached hydrogens (primary N) is 1. The van der Waals surface area contributed by atoms with Crippen LogP contribution in [0.1, 0.15) is 27.2 Å². The van der Waals surface area contributed by atoms with Gasteiger partial charge in [0.25, 0.3) is 0 Å². The van der Waals surface area contributed by atoms with E-state index in [0.29, 0.717) is 0 Å². The van der Waals surface area contributed by atoms with E-state index in [-0.39, 0.29) is 0 Å². The first-order valence-electron chi connectivity index (χ1n) is 3.99. The van der Waals surface area contributed by atoms with Crippen molar-refractivity contribution in [3.05, 3.63) is 35.6 Å². The summed E-state index contributed by atoms with van der Waals surface area (Å²) in [5.41, 5.74) is 7.73. The minimum Gasteiger partial charge on any atom is -0.399 e. The van der Waals surface area contributed by atoms with Gasteiger partial charge in [0.05, 0.1) is 0 Å². The fourth-order valence-corrected chi connectivity index (χ4v) is 0.780. The van der Waals surface area contributed by atoms with Gasteiger partial charge in [0.1, 0.15) is 0 Å². The van der Waals surface area contributed by atoms with Crippen molar-refractivity contribution in [2.75, 3.05) is 0 Å². The molecule has 0 heterocycles. The lowest BCUT2D eigenvalue weighted by Gasteiger charge is -1.96. The predicted octanol–water partition coefficient (Wildman–Crippen LogP) is 2.76. The van der Waals surface area contributed by atoms with Gasteiger partial charge in [0.2, 0.25) is 0 Å². The molecule has 0 radical (unpaired) electrons. The molecule has 0 aromatic heterocycles. The molecule has 0 bridgehead atoms. The molecule has 0 rings (SSSR count). The normalized spacial score (nSPS) is 14.5. The summed E-state index contributed by atoms with van der Waals surface area (Å²) in [6.07, 6.45) is 9.03. The summed E-state index contributed by atoms with van der Waals surface area (Å²) in [6.45, 7) is 6.07. The van der Waals surface area contributed by atoms with Crippen LogP contribution in [-0.2, 0) is 0 Å². The summed E-state index contributed by atoms with van der Waals surface area (Å²) in [6, 6.07) is 0. The second-order valence-electron chi connectivity index (χ2n) is 2.36. The zero-order chi connectivity index (χ0) is 8.69. The molecular weight excluding hydrogens is 134 g/mol. The summed E-state index contributed by atoms with van der Waals surface area (Å²) < 4.78 is 0. The smallest absolute Gasteiger partial charge is 0.0273 e. The van der Waals surface area contributed by atoms with Crippen LogP contribution in [-0.4, -0.2) is 0 Å². The van der Waals surface area contributed by atoms with Crippen LogP contribution in [0.2, 0.25) is 0 Å². The molecule has 0 unspecified atom stereocenters. The van der Waals surface area contributed by atoms with Crippen LogP contribution >= 0.6 is 0 Å². The van der Waals surface area contributed by atoms with Crippen molar-refractivity contribution in [2.45, 2.75) is 27.2 Å². The van der Waals surface area contributed by atoms with Crippen molar-refractivity contribution in [2.24, 2.45) is 5.73 Å². The maximum absolute atomic E-state index is 5.63. The zero-order valence-corrected chi connectivity index (χ0v) is 7.59. The Morgan fingerprint density at radius 2 is 2.00 bits per heavy atom. The Hall–Kier alpha value is -0.980. The van der Waals surface area contributed by atoms with E-state index in [1.165, 1.54) is 5.57 Å². The van der Waals surface area contributed by atoms with E-state index in [1.807, 2.05) is 32.1 Å². The van der Waals surface area contributed by atoms with Crippen molar-refractivity contribution < 1.29 is 0 Å². The molecule has 1 heteroatoms. The molecule has 0 spiro atoms. The minimum absolute atomic E-state index is 0.833. The Morgan fingerprint density at radius 1 is 1.36 bits per heavy atom. The highest BCUT2D eigenvalue weighted by Crippen LogP contribution is 2.04. The van der Waals surface area contributed by atoms with Gasteiger partial charge in [-0.05, 0) is 31.9 Å². The van der Waals surface area contributed by atoms with Crippen LogP contribution in [0.25, 0.3) is 0 Å². The van der Waals surface area contributed by atoms with Crippen molar-refractivity contribution >= 4 is 0 Å². The van der Waals surface area contributed by atoms with Crippen molar-refractivity contribution in [3.8, 4) is 0 Å². The highest BCUT2D eigenvalue weighted by molar-refractivity contribution is 5.27. The van der Waals surface area contributed by atoms with E-state index >= 15 is 0 Å². The first kappa shape index (κ1) is 10.0. The molecule has 0 fully saturated rings. The SMILES string of the molecule is C\C=C/C(=C\C(N)=C\C)CC. The molecule has 0 saturated carbocycles. The van der Waals surface area contributed by atoms with E-state index in [2.05, 4.69) is 13.0 Å². The lowest BCUT2D eigenvalue weighted by Crippen LogP contribution is -1.92. The van der Waals surface area contributed by atoms with Crippen LogP contribution < -0.4 is 5.73 Å². The standard InChI is InChI=1S/C10H17N/c1-4-7-9(5-2)8-10(11)6-3/h4,6-8H,5,11H2,1-3H3/b7-4-,9-8-,10-6-. The Kier molecular flexibility index (Phi) is 5.26.